The lowest BCUT2D eigenvalue weighted by Gasteiger charge is -2.10. The Kier molecular flexibility index (Phi) is 3.11. The molecule has 1 nitrogen and oxygen atoms in total. The van der Waals surface area contributed by atoms with E-state index in [-0.39, 0.29) is 5.82 Å². The van der Waals surface area contributed by atoms with Gasteiger partial charge in [-0.25, -0.2) is 4.39 Å². The van der Waals surface area contributed by atoms with Crippen LogP contribution >= 0.6 is 11.6 Å². The largest absolute Gasteiger partial charge is 0.388 e. The van der Waals surface area contributed by atoms with E-state index in [1.165, 1.54) is 6.07 Å². The third-order valence-corrected chi connectivity index (χ3v) is 2.67. The number of nitrogens with one attached hydrogen (secondary N) is 1. The second-order valence-electron chi connectivity index (χ2n) is 3.42. The Morgan fingerprint density at radius 1 is 1.06 bits per heavy atom. The molecular formula is C13H11ClFN. The fraction of sp³-hybridized carbons (Fsp3) is 0.0769. The van der Waals surface area contributed by atoms with Crippen LogP contribution in [0.3, 0.4) is 0 Å². The molecule has 0 amide bonds. The smallest absolute Gasteiger partial charge is 0.133 e. The van der Waals surface area contributed by atoms with E-state index in [9.17, 15) is 4.39 Å². The molecule has 3 heteroatoms. The zero-order valence-corrected chi connectivity index (χ0v) is 9.55. The first-order valence-electron chi connectivity index (χ1n) is 4.94. The molecule has 0 fully saturated rings. The third-order valence-electron chi connectivity index (χ3n) is 2.42. The molecule has 16 heavy (non-hydrogen) atoms. The van der Waals surface area contributed by atoms with Gasteiger partial charge in [-0.15, -0.1) is 0 Å². The number of rotatable bonds is 2. The number of hydrogen-bond acceptors (Lipinski definition) is 1. The number of hydrogen-bond donors (Lipinski definition) is 1. The molecule has 0 heterocycles. The van der Waals surface area contributed by atoms with Crippen molar-refractivity contribution in [3.8, 4) is 11.1 Å². The summed E-state index contributed by atoms with van der Waals surface area (Å²) >= 11 is 5.80. The fourth-order valence-corrected chi connectivity index (χ4v) is 1.77. The Labute approximate surface area is 98.9 Å². The predicted molar refractivity (Wildman–Crippen MR) is 66.4 cm³/mol. The summed E-state index contributed by atoms with van der Waals surface area (Å²) < 4.78 is 13.8. The molecule has 0 saturated carbocycles. The Hall–Kier alpha value is -1.54. The molecule has 2 aromatic carbocycles. The van der Waals surface area contributed by atoms with E-state index in [2.05, 4.69) is 5.32 Å². The maximum Gasteiger partial charge on any atom is 0.133 e. The summed E-state index contributed by atoms with van der Waals surface area (Å²) in [5.74, 6) is -0.242. The predicted octanol–water partition coefficient (Wildman–Crippen LogP) is 4.19. The van der Waals surface area contributed by atoms with Crippen LogP contribution in [0, 0.1) is 5.82 Å². The molecule has 0 bridgehead atoms. The Morgan fingerprint density at radius 3 is 2.38 bits per heavy atom. The topological polar surface area (TPSA) is 12.0 Å². The van der Waals surface area contributed by atoms with E-state index >= 15 is 0 Å². The molecule has 0 unspecified atom stereocenters. The second-order valence-corrected chi connectivity index (χ2v) is 3.86. The summed E-state index contributed by atoms with van der Waals surface area (Å²) in [6.45, 7) is 0. The van der Waals surface area contributed by atoms with Crippen molar-refractivity contribution in [2.75, 3.05) is 12.4 Å². The maximum absolute atomic E-state index is 13.8. The molecule has 1 N–H and O–H groups in total. The van der Waals surface area contributed by atoms with Gasteiger partial charge in [-0.3, -0.25) is 0 Å². The van der Waals surface area contributed by atoms with E-state index in [1.54, 1.807) is 25.2 Å². The van der Waals surface area contributed by atoms with Crippen molar-refractivity contribution in [1.29, 1.82) is 0 Å². The van der Waals surface area contributed by atoms with Crippen LogP contribution in [0.15, 0.2) is 42.5 Å². The average molecular weight is 236 g/mol. The van der Waals surface area contributed by atoms with Crippen LogP contribution in [0.4, 0.5) is 10.1 Å². The van der Waals surface area contributed by atoms with Crippen molar-refractivity contribution in [1.82, 2.24) is 0 Å². The van der Waals surface area contributed by atoms with E-state index in [4.69, 9.17) is 11.6 Å². The molecule has 0 aromatic heterocycles. The zero-order valence-electron chi connectivity index (χ0n) is 8.80. The van der Waals surface area contributed by atoms with Crippen molar-refractivity contribution >= 4 is 17.3 Å². The molecule has 2 rings (SSSR count). The maximum atomic E-state index is 13.8. The lowest BCUT2D eigenvalue weighted by atomic mass is 10.0. The molecule has 0 atom stereocenters. The Morgan fingerprint density at radius 2 is 1.75 bits per heavy atom. The minimum absolute atomic E-state index is 0.242. The first-order valence-corrected chi connectivity index (χ1v) is 5.32. The standard InChI is InChI=1S/C13H11ClFN/c1-16-12-4-2-3-11(15)13(12)9-5-7-10(14)8-6-9/h2-8,16H,1H3. The van der Waals surface area contributed by atoms with Gasteiger partial charge in [0.1, 0.15) is 5.82 Å². The second kappa shape index (κ2) is 4.54. The molecular weight excluding hydrogens is 225 g/mol. The Balaban J connectivity index is 2.58. The normalized spacial score (nSPS) is 10.2. The van der Waals surface area contributed by atoms with Crippen LogP contribution in [0.1, 0.15) is 0 Å². The van der Waals surface area contributed by atoms with Gasteiger partial charge in [0.05, 0.1) is 0 Å². The zero-order chi connectivity index (χ0) is 11.5. The first-order chi connectivity index (χ1) is 7.72. The van der Waals surface area contributed by atoms with Gasteiger partial charge in [-0.1, -0.05) is 29.8 Å². The average Bonchev–Trinajstić information content (AvgIpc) is 2.30. The molecule has 0 spiro atoms. The minimum atomic E-state index is -0.242. The number of anilines is 1. The molecule has 2 aromatic rings. The number of halogens is 2. The third kappa shape index (κ3) is 2.02. The van der Waals surface area contributed by atoms with Crippen LogP contribution in [0.5, 0.6) is 0 Å². The van der Waals surface area contributed by atoms with E-state index < -0.39 is 0 Å². The SMILES string of the molecule is CNc1cccc(F)c1-c1ccc(Cl)cc1. The lowest BCUT2D eigenvalue weighted by Crippen LogP contribution is -1.94. The van der Waals surface area contributed by atoms with Gasteiger partial charge in [0, 0.05) is 23.3 Å². The summed E-state index contributed by atoms with van der Waals surface area (Å²) in [7, 11) is 1.77. The lowest BCUT2D eigenvalue weighted by molar-refractivity contribution is 0.632. The van der Waals surface area contributed by atoms with E-state index in [0.717, 1.165) is 11.3 Å². The summed E-state index contributed by atoms with van der Waals surface area (Å²) in [6.07, 6.45) is 0. The van der Waals surface area contributed by atoms with E-state index in [0.29, 0.717) is 10.6 Å². The molecule has 0 aliphatic carbocycles. The van der Waals surface area contributed by atoms with Gasteiger partial charge in [-0.05, 0) is 29.8 Å². The van der Waals surface area contributed by atoms with Crippen molar-refractivity contribution in [2.45, 2.75) is 0 Å². The van der Waals surface area contributed by atoms with Gasteiger partial charge in [0.2, 0.25) is 0 Å². The highest BCUT2D eigenvalue weighted by molar-refractivity contribution is 6.30. The Bertz CT molecular complexity index is 494. The van der Waals surface area contributed by atoms with Gasteiger partial charge in [0.25, 0.3) is 0 Å². The monoisotopic (exact) mass is 235 g/mol. The first kappa shape index (κ1) is 11.0. The fourth-order valence-electron chi connectivity index (χ4n) is 1.64. The van der Waals surface area contributed by atoms with Gasteiger partial charge >= 0.3 is 0 Å². The van der Waals surface area contributed by atoms with Gasteiger partial charge < -0.3 is 5.32 Å². The summed E-state index contributed by atoms with van der Waals surface area (Å²) in [5, 5.41) is 3.62. The molecule has 0 aliphatic rings. The quantitative estimate of drug-likeness (QED) is 0.823. The van der Waals surface area contributed by atoms with Crippen molar-refractivity contribution in [3.63, 3.8) is 0 Å². The molecule has 0 saturated heterocycles. The number of benzene rings is 2. The van der Waals surface area contributed by atoms with Gasteiger partial charge in [0.15, 0.2) is 0 Å². The summed E-state index contributed by atoms with van der Waals surface area (Å²) in [4.78, 5) is 0. The summed E-state index contributed by atoms with van der Waals surface area (Å²) in [5.41, 5.74) is 2.15. The highest BCUT2D eigenvalue weighted by Crippen LogP contribution is 2.31. The van der Waals surface area contributed by atoms with Crippen LogP contribution in [-0.4, -0.2) is 7.05 Å². The molecule has 0 aliphatic heterocycles. The highest BCUT2D eigenvalue weighted by Gasteiger charge is 2.09. The minimum Gasteiger partial charge on any atom is -0.388 e. The molecule has 82 valence electrons. The van der Waals surface area contributed by atoms with Crippen LogP contribution < -0.4 is 5.32 Å². The van der Waals surface area contributed by atoms with Crippen LogP contribution in [0.25, 0.3) is 11.1 Å². The van der Waals surface area contributed by atoms with Crippen molar-refractivity contribution in [2.24, 2.45) is 0 Å². The van der Waals surface area contributed by atoms with Gasteiger partial charge in [-0.2, -0.15) is 0 Å². The van der Waals surface area contributed by atoms with Crippen molar-refractivity contribution < 1.29 is 4.39 Å². The highest BCUT2D eigenvalue weighted by atomic mass is 35.5. The van der Waals surface area contributed by atoms with E-state index in [1.807, 2.05) is 18.2 Å². The summed E-state index contributed by atoms with van der Waals surface area (Å²) in [6, 6.07) is 12.1. The molecule has 0 radical (unpaired) electrons. The van der Waals surface area contributed by atoms with Crippen molar-refractivity contribution in [3.05, 3.63) is 53.3 Å². The van der Waals surface area contributed by atoms with Crippen LogP contribution in [0.2, 0.25) is 5.02 Å². The van der Waals surface area contributed by atoms with Crippen LogP contribution in [-0.2, 0) is 0 Å².